The number of nitro benzene ring substituents is 1. The third kappa shape index (κ3) is 5.24. The Hall–Kier alpha value is -4.16. The van der Waals surface area contributed by atoms with Gasteiger partial charge in [-0.25, -0.2) is 9.78 Å². The maximum absolute atomic E-state index is 12.8. The van der Waals surface area contributed by atoms with Gasteiger partial charge in [-0.2, -0.15) is 0 Å². The van der Waals surface area contributed by atoms with Crippen LogP contribution in [-0.2, 0) is 5.75 Å². The Bertz CT molecular complexity index is 1490. The summed E-state index contributed by atoms with van der Waals surface area (Å²) in [5.41, 5.74) is 0.488. The molecule has 0 radical (unpaired) electrons. The maximum atomic E-state index is 12.8. The number of hydrogen-bond acceptors (Lipinski definition) is 9. The molecule has 184 valence electrons. The second-order valence-corrected chi connectivity index (χ2v) is 9.60. The van der Waals surface area contributed by atoms with Crippen molar-refractivity contribution >= 4 is 56.6 Å². The zero-order valence-corrected chi connectivity index (χ0v) is 20.6. The predicted octanol–water partition coefficient (Wildman–Crippen LogP) is 5.46. The largest absolute Gasteiger partial charge is 0.497 e. The monoisotopic (exact) mass is 525 g/mol. The predicted molar refractivity (Wildman–Crippen MR) is 137 cm³/mol. The van der Waals surface area contributed by atoms with Crippen molar-refractivity contribution in [1.82, 2.24) is 4.98 Å². The number of carboxylic acid groups (broad SMARTS) is 1. The van der Waals surface area contributed by atoms with Crippen LogP contribution < -0.4 is 14.8 Å². The molecular weight excluding hydrogens is 506 g/mol. The summed E-state index contributed by atoms with van der Waals surface area (Å²) >= 11 is 2.97. The Morgan fingerprint density at radius 1 is 1.14 bits per heavy atom. The number of aromatic carboxylic acids is 1. The zero-order chi connectivity index (χ0) is 25.8. The van der Waals surface area contributed by atoms with Crippen LogP contribution in [0, 0.1) is 10.1 Å². The quantitative estimate of drug-likeness (QED) is 0.165. The van der Waals surface area contributed by atoms with E-state index in [9.17, 15) is 24.8 Å². The second kappa shape index (κ2) is 10.6. The van der Waals surface area contributed by atoms with Crippen LogP contribution in [0.1, 0.15) is 26.3 Å². The van der Waals surface area contributed by atoms with Crippen molar-refractivity contribution in [1.29, 1.82) is 0 Å². The SMILES string of the molecule is COc1ccc(OC)c(CSc2nc3ccc(NC(=O)c4cccc([N+](=O)[O-])c4C(=O)O)cc3s2)c1. The van der Waals surface area contributed by atoms with Crippen LogP contribution in [0.15, 0.2) is 58.9 Å². The van der Waals surface area contributed by atoms with Crippen molar-refractivity contribution in [3.05, 3.63) is 81.4 Å². The molecule has 0 bridgehead atoms. The van der Waals surface area contributed by atoms with Crippen molar-refractivity contribution in [2.45, 2.75) is 10.1 Å². The molecule has 0 unspecified atom stereocenters. The smallest absolute Gasteiger partial charge is 0.343 e. The number of benzene rings is 3. The highest BCUT2D eigenvalue weighted by atomic mass is 32.2. The minimum absolute atomic E-state index is 0.301. The molecule has 1 amide bonds. The molecule has 4 rings (SSSR count). The first-order valence-electron chi connectivity index (χ1n) is 10.4. The molecule has 0 atom stereocenters. The summed E-state index contributed by atoms with van der Waals surface area (Å²) in [4.78, 5) is 39.4. The van der Waals surface area contributed by atoms with E-state index in [1.807, 2.05) is 18.2 Å². The number of carboxylic acids is 1. The molecule has 36 heavy (non-hydrogen) atoms. The van der Waals surface area contributed by atoms with Gasteiger partial charge >= 0.3 is 5.97 Å². The van der Waals surface area contributed by atoms with Crippen LogP contribution in [0.5, 0.6) is 11.5 Å². The summed E-state index contributed by atoms with van der Waals surface area (Å²) in [6.45, 7) is 0. The van der Waals surface area contributed by atoms with Gasteiger partial charge in [0, 0.05) is 23.1 Å². The Kier molecular flexibility index (Phi) is 7.36. The number of rotatable bonds is 9. The van der Waals surface area contributed by atoms with Gasteiger partial charge in [0.05, 0.1) is 34.9 Å². The molecule has 0 aliphatic rings. The third-order valence-corrected chi connectivity index (χ3v) is 7.37. The summed E-state index contributed by atoms with van der Waals surface area (Å²) in [6.07, 6.45) is 0. The van der Waals surface area contributed by atoms with E-state index in [1.54, 1.807) is 32.4 Å². The van der Waals surface area contributed by atoms with E-state index in [-0.39, 0.29) is 5.56 Å². The van der Waals surface area contributed by atoms with Crippen molar-refractivity contribution in [2.75, 3.05) is 19.5 Å². The average molecular weight is 526 g/mol. The van der Waals surface area contributed by atoms with Gasteiger partial charge < -0.3 is 19.9 Å². The number of hydrogen-bond donors (Lipinski definition) is 2. The van der Waals surface area contributed by atoms with E-state index >= 15 is 0 Å². The van der Waals surface area contributed by atoms with E-state index in [4.69, 9.17) is 9.47 Å². The van der Waals surface area contributed by atoms with E-state index in [1.165, 1.54) is 35.2 Å². The van der Waals surface area contributed by atoms with Crippen molar-refractivity contribution < 1.29 is 29.1 Å². The Balaban J connectivity index is 1.54. The normalized spacial score (nSPS) is 10.7. The number of aromatic nitrogens is 1. The molecule has 0 fully saturated rings. The molecule has 1 aromatic heterocycles. The first-order valence-corrected chi connectivity index (χ1v) is 12.2. The van der Waals surface area contributed by atoms with Crippen LogP contribution in [-0.4, -0.2) is 41.1 Å². The molecule has 0 spiro atoms. The molecule has 12 heteroatoms. The fraction of sp³-hybridized carbons (Fsp3) is 0.125. The standard InChI is InChI=1S/C24H19N3O7S2/c1-33-15-7-9-19(34-2)13(10-15)12-35-24-26-17-8-6-14(11-20(17)36-24)25-22(28)16-4-3-5-18(27(31)32)21(16)23(29)30/h3-11H,12H2,1-2H3,(H,25,28)(H,29,30). The summed E-state index contributed by atoms with van der Waals surface area (Å²) in [5, 5.41) is 23.3. The number of carbonyl (C=O) groups is 2. The number of nitro groups is 1. The Morgan fingerprint density at radius 2 is 1.94 bits per heavy atom. The number of thioether (sulfide) groups is 1. The number of amides is 1. The molecule has 0 aliphatic heterocycles. The highest BCUT2D eigenvalue weighted by Gasteiger charge is 2.27. The number of fused-ring (bicyclic) bond motifs is 1. The van der Waals surface area contributed by atoms with E-state index in [0.29, 0.717) is 11.4 Å². The summed E-state index contributed by atoms with van der Waals surface area (Å²) in [6, 6.07) is 14.2. The lowest BCUT2D eigenvalue weighted by atomic mass is 10.0. The average Bonchev–Trinajstić information content (AvgIpc) is 3.28. The maximum Gasteiger partial charge on any atom is 0.343 e. The van der Waals surface area contributed by atoms with Gasteiger partial charge in [0.2, 0.25) is 0 Å². The molecular formula is C24H19N3O7S2. The van der Waals surface area contributed by atoms with Gasteiger partial charge in [-0.15, -0.1) is 11.3 Å². The van der Waals surface area contributed by atoms with Gasteiger partial charge in [0.1, 0.15) is 17.1 Å². The molecule has 0 aliphatic carbocycles. The number of ether oxygens (including phenoxy) is 2. The first kappa shape index (κ1) is 24.9. The minimum Gasteiger partial charge on any atom is -0.497 e. The van der Waals surface area contributed by atoms with Gasteiger partial charge in [0.15, 0.2) is 4.34 Å². The third-order valence-electron chi connectivity index (χ3n) is 5.16. The van der Waals surface area contributed by atoms with E-state index in [2.05, 4.69) is 10.3 Å². The van der Waals surface area contributed by atoms with Crippen LogP contribution in [0.4, 0.5) is 11.4 Å². The number of nitrogens with zero attached hydrogens (tertiary/aromatic N) is 2. The minimum atomic E-state index is -1.56. The van der Waals surface area contributed by atoms with Crippen LogP contribution in [0.25, 0.3) is 10.2 Å². The molecule has 4 aromatic rings. The number of methoxy groups -OCH3 is 2. The molecule has 1 heterocycles. The number of thiazole rings is 1. The van der Waals surface area contributed by atoms with E-state index in [0.717, 1.165) is 37.7 Å². The summed E-state index contributed by atoms with van der Waals surface area (Å²) in [5.74, 6) is -0.240. The van der Waals surface area contributed by atoms with Crippen molar-refractivity contribution in [3.8, 4) is 11.5 Å². The molecule has 10 nitrogen and oxygen atoms in total. The van der Waals surface area contributed by atoms with Crippen LogP contribution >= 0.6 is 23.1 Å². The van der Waals surface area contributed by atoms with Gasteiger partial charge in [0.25, 0.3) is 11.6 Å². The lowest BCUT2D eigenvalue weighted by Crippen LogP contribution is -2.17. The van der Waals surface area contributed by atoms with Gasteiger partial charge in [-0.05, 0) is 42.5 Å². The van der Waals surface area contributed by atoms with Crippen LogP contribution in [0.2, 0.25) is 0 Å². The van der Waals surface area contributed by atoms with Crippen molar-refractivity contribution in [2.24, 2.45) is 0 Å². The fourth-order valence-electron chi connectivity index (χ4n) is 3.48. The topological polar surface area (TPSA) is 141 Å². The summed E-state index contributed by atoms with van der Waals surface area (Å²) in [7, 11) is 3.21. The van der Waals surface area contributed by atoms with Gasteiger partial charge in [-0.3, -0.25) is 14.9 Å². The number of nitrogens with one attached hydrogen (secondary N) is 1. The molecule has 0 saturated heterocycles. The van der Waals surface area contributed by atoms with Gasteiger partial charge in [-0.1, -0.05) is 17.8 Å². The first-order chi connectivity index (χ1) is 17.3. The number of carbonyl (C=O) groups excluding carboxylic acids is 1. The highest BCUT2D eigenvalue weighted by Crippen LogP contribution is 2.36. The molecule has 3 aromatic carbocycles. The molecule has 0 saturated carbocycles. The fourth-order valence-corrected chi connectivity index (χ4v) is 5.57. The van der Waals surface area contributed by atoms with E-state index < -0.39 is 28.1 Å². The Labute approximate surface area is 213 Å². The summed E-state index contributed by atoms with van der Waals surface area (Å²) < 4.78 is 12.3. The number of anilines is 1. The lowest BCUT2D eigenvalue weighted by molar-refractivity contribution is -0.385. The molecule has 2 N–H and O–H groups in total. The van der Waals surface area contributed by atoms with Crippen LogP contribution in [0.3, 0.4) is 0 Å². The second-order valence-electron chi connectivity index (χ2n) is 7.34. The lowest BCUT2D eigenvalue weighted by Gasteiger charge is -2.09. The highest BCUT2D eigenvalue weighted by molar-refractivity contribution is 8.00. The van der Waals surface area contributed by atoms with Crippen molar-refractivity contribution in [3.63, 3.8) is 0 Å². The Morgan fingerprint density at radius 3 is 2.64 bits per heavy atom. The zero-order valence-electron chi connectivity index (χ0n) is 19.0.